The Hall–Kier alpha value is -0.310. The van der Waals surface area contributed by atoms with Crippen LogP contribution in [0.2, 0.25) is 0 Å². The van der Waals surface area contributed by atoms with E-state index in [1.165, 1.54) is 5.57 Å². The van der Waals surface area contributed by atoms with E-state index in [0.29, 0.717) is 5.92 Å². The molecule has 0 spiro atoms. The van der Waals surface area contributed by atoms with Crippen molar-refractivity contribution in [1.82, 2.24) is 0 Å². The standard InChI is InChI=1S/C11H11I/c1-11(12)8-4-6-9-5-2-3-7-10(9)11/h2-8,10H,1H3. The largest absolute Gasteiger partial charge is 0.0754 e. The van der Waals surface area contributed by atoms with Crippen LogP contribution in [0.5, 0.6) is 0 Å². The number of allylic oxidation sites excluding steroid dienone is 8. The molecule has 0 aromatic rings. The van der Waals surface area contributed by atoms with Crippen LogP contribution in [0.3, 0.4) is 0 Å². The summed E-state index contributed by atoms with van der Waals surface area (Å²) >= 11 is 2.51. The van der Waals surface area contributed by atoms with Crippen LogP contribution in [0.1, 0.15) is 6.92 Å². The van der Waals surface area contributed by atoms with Crippen molar-refractivity contribution in [2.24, 2.45) is 5.92 Å². The van der Waals surface area contributed by atoms with Gasteiger partial charge >= 0.3 is 0 Å². The van der Waals surface area contributed by atoms with Crippen molar-refractivity contribution >= 4 is 22.6 Å². The van der Waals surface area contributed by atoms with Gasteiger partial charge in [0.2, 0.25) is 0 Å². The lowest BCUT2D eigenvalue weighted by molar-refractivity contribution is 0.660. The summed E-state index contributed by atoms with van der Waals surface area (Å²) in [5.41, 5.74) is 1.43. The average Bonchev–Trinajstić information content (AvgIpc) is 2.04. The van der Waals surface area contributed by atoms with Gasteiger partial charge in [-0.2, -0.15) is 0 Å². The van der Waals surface area contributed by atoms with Crippen molar-refractivity contribution in [1.29, 1.82) is 0 Å². The van der Waals surface area contributed by atoms with E-state index in [1.807, 2.05) is 0 Å². The van der Waals surface area contributed by atoms with Crippen molar-refractivity contribution in [2.75, 3.05) is 0 Å². The molecule has 0 saturated heterocycles. The zero-order valence-corrected chi connectivity index (χ0v) is 9.15. The van der Waals surface area contributed by atoms with Crippen LogP contribution >= 0.6 is 22.6 Å². The van der Waals surface area contributed by atoms with Gasteiger partial charge in [-0.05, 0) is 12.5 Å². The molecule has 12 heavy (non-hydrogen) atoms. The molecule has 2 atom stereocenters. The van der Waals surface area contributed by atoms with Crippen molar-refractivity contribution in [3.05, 3.63) is 48.1 Å². The maximum Gasteiger partial charge on any atom is 0.0479 e. The second-order valence-corrected chi connectivity index (χ2v) is 5.72. The van der Waals surface area contributed by atoms with Gasteiger partial charge in [0.25, 0.3) is 0 Å². The summed E-state index contributed by atoms with van der Waals surface area (Å²) in [4.78, 5) is 0. The third kappa shape index (κ3) is 1.30. The van der Waals surface area contributed by atoms with Crippen molar-refractivity contribution in [3.63, 3.8) is 0 Å². The van der Waals surface area contributed by atoms with E-state index < -0.39 is 0 Å². The first-order valence-electron chi connectivity index (χ1n) is 4.13. The fourth-order valence-electron chi connectivity index (χ4n) is 1.68. The van der Waals surface area contributed by atoms with Crippen LogP contribution in [0, 0.1) is 5.92 Å². The summed E-state index contributed by atoms with van der Waals surface area (Å²) in [5, 5.41) is 0. The summed E-state index contributed by atoms with van der Waals surface area (Å²) in [6.07, 6.45) is 15.3. The van der Waals surface area contributed by atoms with Gasteiger partial charge in [0.15, 0.2) is 0 Å². The van der Waals surface area contributed by atoms with E-state index in [0.717, 1.165) is 0 Å². The Bertz CT molecular complexity index is 303. The second-order valence-electron chi connectivity index (χ2n) is 3.40. The Kier molecular flexibility index (Phi) is 1.99. The molecule has 0 N–H and O–H groups in total. The summed E-state index contributed by atoms with van der Waals surface area (Å²) < 4.78 is 0.253. The molecule has 2 rings (SSSR count). The fraction of sp³-hybridized carbons (Fsp3) is 0.273. The highest BCUT2D eigenvalue weighted by molar-refractivity contribution is 14.1. The van der Waals surface area contributed by atoms with Gasteiger partial charge in [-0.1, -0.05) is 65.1 Å². The van der Waals surface area contributed by atoms with Crippen LogP contribution in [0.25, 0.3) is 0 Å². The van der Waals surface area contributed by atoms with E-state index >= 15 is 0 Å². The highest BCUT2D eigenvalue weighted by Crippen LogP contribution is 2.40. The monoisotopic (exact) mass is 270 g/mol. The zero-order valence-electron chi connectivity index (χ0n) is 7.00. The Labute approximate surface area is 86.9 Å². The summed E-state index contributed by atoms with van der Waals surface area (Å²) in [7, 11) is 0. The van der Waals surface area contributed by atoms with Gasteiger partial charge in [-0.25, -0.2) is 0 Å². The molecule has 0 saturated carbocycles. The molecule has 62 valence electrons. The third-order valence-electron chi connectivity index (χ3n) is 2.38. The van der Waals surface area contributed by atoms with Gasteiger partial charge in [-0.15, -0.1) is 0 Å². The summed E-state index contributed by atoms with van der Waals surface area (Å²) in [6, 6.07) is 0. The third-order valence-corrected chi connectivity index (χ3v) is 3.41. The highest BCUT2D eigenvalue weighted by Gasteiger charge is 2.31. The lowest BCUT2D eigenvalue weighted by Gasteiger charge is -2.32. The second kappa shape index (κ2) is 2.87. The van der Waals surface area contributed by atoms with Crippen molar-refractivity contribution in [2.45, 2.75) is 10.3 Å². The van der Waals surface area contributed by atoms with Gasteiger partial charge in [-0.3, -0.25) is 0 Å². The van der Waals surface area contributed by atoms with Gasteiger partial charge < -0.3 is 0 Å². The van der Waals surface area contributed by atoms with E-state index in [2.05, 4.69) is 72.0 Å². The number of hydrogen-bond acceptors (Lipinski definition) is 0. The van der Waals surface area contributed by atoms with Crippen molar-refractivity contribution in [3.8, 4) is 0 Å². The Morgan fingerprint density at radius 3 is 2.92 bits per heavy atom. The molecule has 0 bridgehead atoms. The molecule has 0 aromatic carbocycles. The summed E-state index contributed by atoms with van der Waals surface area (Å²) in [6.45, 7) is 2.27. The molecule has 1 heteroatoms. The summed E-state index contributed by atoms with van der Waals surface area (Å²) in [5.74, 6) is 0.563. The maximum absolute atomic E-state index is 2.51. The van der Waals surface area contributed by atoms with E-state index in [-0.39, 0.29) is 3.42 Å². The Morgan fingerprint density at radius 1 is 1.33 bits per heavy atom. The number of rotatable bonds is 0. The lowest BCUT2D eigenvalue weighted by Crippen LogP contribution is -2.27. The van der Waals surface area contributed by atoms with Gasteiger partial charge in [0.05, 0.1) is 0 Å². The number of halogens is 1. The van der Waals surface area contributed by atoms with Crippen LogP contribution in [0.4, 0.5) is 0 Å². The molecule has 0 radical (unpaired) electrons. The first kappa shape index (κ1) is 8.30. The van der Waals surface area contributed by atoms with Crippen LogP contribution in [-0.2, 0) is 0 Å². The predicted octanol–water partition coefficient (Wildman–Crippen LogP) is 3.42. The number of hydrogen-bond donors (Lipinski definition) is 0. The minimum Gasteiger partial charge on any atom is -0.0754 e. The maximum atomic E-state index is 2.51. The predicted molar refractivity (Wildman–Crippen MR) is 61.4 cm³/mol. The molecule has 2 unspecified atom stereocenters. The molecule has 0 heterocycles. The topological polar surface area (TPSA) is 0 Å². The van der Waals surface area contributed by atoms with Crippen molar-refractivity contribution < 1.29 is 0 Å². The van der Waals surface area contributed by atoms with Crippen LogP contribution < -0.4 is 0 Å². The molecular formula is C11H11I. The minimum absolute atomic E-state index is 0.253. The van der Waals surface area contributed by atoms with E-state index in [9.17, 15) is 0 Å². The fourth-order valence-corrected chi connectivity index (χ4v) is 2.46. The van der Waals surface area contributed by atoms with Gasteiger partial charge in [0.1, 0.15) is 0 Å². The lowest BCUT2D eigenvalue weighted by atomic mass is 9.81. The molecule has 0 nitrogen and oxygen atoms in total. The molecule has 0 aromatic heterocycles. The van der Waals surface area contributed by atoms with Crippen LogP contribution in [0.15, 0.2) is 48.1 Å². The molecule has 0 amide bonds. The molecule has 0 aliphatic heterocycles. The van der Waals surface area contributed by atoms with Crippen LogP contribution in [-0.4, -0.2) is 3.42 Å². The number of fused-ring (bicyclic) bond motifs is 1. The average molecular weight is 270 g/mol. The van der Waals surface area contributed by atoms with E-state index in [4.69, 9.17) is 0 Å². The SMILES string of the molecule is CC1(I)C=CC=C2C=CC=CC21. The normalized spacial score (nSPS) is 37.8. The molecule has 0 fully saturated rings. The minimum atomic E-state index is 0.253. The highest BCUT2D eigenvalue weighted by atomic mass is 127. The Morgan fingerprint density at radius 2 is 2.17 bits per heavy atom. The first-order chi connectivity index (χ1) is 5.70. The quantitative estimate of drug-likeness (QED) is 0.467. The molecular weight excluding hydrogens is 259 g/mol. The zero-order chi connectivity index (χ0) is 8.60. The molecule has 2 aliphatic rings. The Balaban J connectivity index is 2.42. The van der Waals surface area contributed by atoms with Gasteiger partial charge in [0, 0.05) is 9.34 Å². The molecule has 2 aliphatic carbocycles. The smallest absolute Gasteiger partial charge is 0.0479 e. The van der Waals surface area contributed by atoms with E-state index in [1.54, 1.807) is 0 Å². The number of alkyl halides is 1. The first-order valence-corrected chi connectivity index (χ1v) is 5.21.